The van der Waals surface area contributed by atoms with E-state index < -0.39 is 30.4 Å². The predicted molar refractivity (Wildman–Crippen MR) is 57.2 cm³/mol. The first-order valence-corrected chi connectivity index (χ1v) is 5.89. The minimum absolute atomic E-state index is 0.334. The Morgan fingerprint density at radius 2 is 2.06 bits per heavy atom. The molecule has 2 aliphatic heterocycles. The number of rotatable bonds is 3. The molecule has 6 nitrogen and oxygen atoms in total. The molecule has 17 heavy (non-hydrogen) atoms. The highest BCUT2D eigenvalue weighted by atomic mass is 16.8. The Kier molecular flexibility index (Phi) is 3.72. The van der Waals surface area contributed by atoms with E-state index >= 15 is 0 Å². The number of hydrogen-bond acceptors (Lipinski definition) is 6. The van der Waals surface area contributed by atoms with Gasteiger partial charge in [0, 0.05) is 6.61 Å². The van der Waals surface area contributed by atoms with Gasteiger partial charge in [0.05, 0.1) is 6.61 Å². The summed E-state index contributed by atoms with van der Waals surface area (Å²) in [5, 5.41) is 19.7. The molecule has 4 unspecified atom stereocenters. The summed E-state index contributed by atoms with van der Waals surface area (Å²) in [7, 11) is 0. The van der Waals surface area contributed by atoms with Gasteiger partial charge in [0.25, 0.3) is 0 Å². The van der Waals surface area contributed by atoms with E-state index in [1.807, 2.05) is 0 Å². The second kappa shape index (κ2) is 4.79. The molecule has 2 aliphatic rings. The van der Waals surface area contributed by atoms with Crippen LogP contribution in [0.4, 0.5) is 0 Å². The van der Waals surface area contributed by atoms with Crippen molar-refractivity contribution < 1.29 is 29.2 Å². The average Bonchev–Trinajstić information content (AvgIpc) is 2.73. The van der Waals surface area contributed by atoms with Crippen LogP contribution in [-0.4, -0.2) is 59.9 Å². The zero-order valence-electron chi connectivity index (χ0n) is 10.3. The van der Waals surface area contributed by atoms with Crippen molar-refractivity contribution in [2.45, 2.75) is 57.3 Å². The molecule has 0 spiro atoms. The molecule has 0 saturated carbocycles. The second-order valence-corrected chi connectivity index (χ2v) is 4.77. The first-order chi connectivity index (χ1) is 7.94. The van der Waals surface area contributed by atoms with Gasteiger partial charge < -0.3 is 29.2 Å². The quantitative estimate of drug-likeness (QED) is 0.709. The van der Waals surface area contributed by atoms with Crippen LogP contribution in [0.3, 0.4) is 0 Å². The van der Waals surface area contributed by atoms with Gasteiger partial charge in [0.15, 0.2) is 12.1 Å². The molecule has 2 rings (SSSR count). The summed E-state index contributed by atoms with van der Waals surface area (Å²) < 4.78 is 21.6. The van der Waals surface area contributed by atoms with Crippen LogP contribution in [0.1, 0.15) is 20.8 Å². The van der Waals surface area contributed by atoms with Crippen molar-refractivity contribution in [2.75, 3.05) is 13.2 Å². The van der Waals surface area contributed by atoms with Gasteiger partial charge in [-0.05, 0) is 20.8 Å². The SMILES string of the molecule is CCOC1C(O)C(C2COC(C)(C)O2)O[C@@H]1O. The van der Waals surface area contributed by atoms with Gasteiger partial charge in [0.1, 0.15) is 24.4 Å². The molecule has 0 aromatic heterocycles. The summed E-state index contributed by atoms with van der Waals surface area (Å²) in [5.41, 5.74) is 0. The molecular formula is C11H20O6. The van der Waals surface area contributed by atoms with Gasteiger partial charge in [0.2, 0.25) is 0 Å². The van der Waals surface area contributed by atoms with Gasteiger partial charge in [-0.15, -0.1) is 0 Å². The lowest BCUT2D eigenvalue weighted by atomic mass is 10.1. The number of ether oxygens (including phenoxy) is 4. The van der Waals surface area contributed by atoms with E-state index in [2.05, 4.69) is 0 Å². The molecule has 2 N–H and O–H groups in total. The smallest absolute Gasteiger partial charge is 0.184 e. The maximum absolute atomic E-state index is 10.0. The van der Waals surface area contributed by atoms with E-state index in [1.165, 1.54) is 0 Å². The lowest BCUT2D eigenvalue weighted by Crippen LogP contribution is -2.41. The molecule has 0 amide bonds. The number of hydrogen-bond donors (Lipinski definition) is 2. The largest absolute Gasteiger partial charge is 0.387 e. The fourth-order valence-electron chi connectivity index (χ4n) is 2.23. The summed E-state index contributed by atoms with van der Waals surface area (Å²) in [5.74, 6) is -0.678. The van der Waals surface area contributed by atoms with Crippen LogP contribution in [-0.2, 0) is 18.9 Å². The minimum Gasteiger partial charge on any atom is -0.387 e. The van der Waals surface area contributed by atoms with Gasteiger partial charge >= 0.3 is 0 Å². The average molecular weight is 248 g/mol. The van der Waals surface area contributed by atoms with E-state index in [4.69, 9.17) is 18.9 Å². The van der Waals surface area contributed by atoms with Crippen LogP contribution in [0, 0.1) is 0 Å². The lowest BCUT2D eigenvalue weighted by Gasteiger charge is -2.22. The third-order valence-electron chi connectivity index (χ3n) is 3.01. The maximum Gasteiger partial charge on any atom is 0.184 e. The topological polar surface area (TPSA) is 77.4 Å². The normalized spacial score (nSPS) is 45.4. The van der Waals surface area contributed by atoms with Crippen molar-refractivity contribution in [3.63, 3.8) is 0 Å². The molecule has 0 aliphatic carbocycles. The molecule has 0 aromatic carbocycles. The highest BCUT2D eigenvalue weighted by Crippen LogP contribution is 2.32. The molecule has 0 aromatic rings. The van der Waals surface area contributed by atoms with E-state index in [-0.39, 0.29) is 6.10 Å². The van der Waals surface area contributed by atoms with Crippen LogP contribution in [0.5, 0.6) is 0 Å². The van der Waals surface area contributed by atoms with E-state index in [0.717, 1.165) is 0 Å². The van der Waals surface area contributed by atoms with Crippen molar-refractivity contribution in [1.82, 2.24) is 0 Å². The first kappa shape index (κ1) is 13.2. The monoisotopic (exact) mass is 248 g/mol. The predicted octanol–water partition coefficient (Wildman–Crippen LogP) is -0.379. The number of aliphatic hydroxyl groups excluding tert-OH is 2. The zero-order valence-corrected chi connectivity index (χ0v) is 10.3. The second-order valence-electron chi connectivity index (χ2n) is 4.77. The molecule has 5 atom stereocenters. The van der Waals surface area contributed by atoms with Crippen LogP contribution in [0.15, 0.2) is 0 Å². The Hall–Kier alpha value is -0.240. The summed E-state index contributed by atoms with van der Waals surface area (Å²) in [4.78, 5) is 0. The van der Waals surface area contributed by atoms with Crippen molar-refractivity contribution in [3.8, 4) is 0 Å². The summed E-state index contributed by atoms with van der Waals surface area (Å²) in [6, 6.07) is 0. The highest BCUT2D eigenvalue weighted by molar-refractivity contribution is 4.93. The summed E-state index contributed by atoms with van der Waals surface area (Å²) in [6.45, 7) is 6.13. The van der Waals surface area contributed by atoms with E-state index in [0.29, 0.717) is 13.2 Å². The minimum atomic E-state index is -1.12. The van der Waals surface area contributed by atoms with Crippen LogP contribution < -0.4 is 0 Å². The van der Waals surface area contributed by atoms with Crippen LogP contribution in [0.2, 0.25) is 0 Å². The van der Waals surface area contributed by atoms with Gasteiger partial charge in [-0.25, -0.2) is 0 Å². The van der Waals surface area contributed by atoms with Gasteiger partial charge in [-0.2, -0.15) is 0 Å². The molecule has 100 valence electrons. The lowest BCUT2D eigenvalue weighted by molar-refractivity contribution is -0.179. The Labute approximate surface area is 100 Å². The highest BCUT2D eigenvalue weighted by Gasteiger charge is 2.50. The summed E-state index contributed by atoms with van der Waals surface area (Å²) >= 11 is 0. The molecule has 2 saturated heterocycles. The standard InChI is InChI=1S/C11H20O6/c1-4-14-9-7(12)8(16-10(9)13)6-5-15-11(2,3)17-6/h6-10,12-13H,4-5H2,1-3H3/t6?,7?,8?,9?,10-/m0/s1. The zero-order chi connectivity index (χ0) is 12.6. The van der Waals surface area contributed by atoms with E-state index in [9.17, 15) is 10.2 Å². The van der Waals surface area contributed by atoms with Crippen molar-refractivity contribution >= 4 is 0 Å². The van der Waals surface area contributed by atoms with Crippen LogP contribution >= 0.6 is 0 Å². The molecule has 6 heteroatoms. The maximum atomic E-state index is 10.0. The molecule has 2 fully saturated rings. The Morgan fingerprint density at radius 1 is 1.35 bits per heavy atom. The number of aliphatic hydroxyl groups is 2. The molecule has 2 heterocycles. The van der Waals surface area contributed by atoms with Crippen molar-refractivity contribution in [3.05, 3.63) is 0 Å². The Morgan fingerprint density at radius 3 is 2.59 bits per heavy atom. The third kappa shape index (κ3) is 2.62. The Bertz CT molecular complexity index is 269. The fraction of sp³-hybridized carbons (Fsp3) is 1.00. The molecule has 0 radical (unpaired) electrons. The molecule has 0 bridgehead atoms. The third-order valence-corrected chi connectivity index (χ3v) is 3.01. The van der Waals surface area contributed by atoms with E-state index in [1.54, 1.807) is 20.8 Å². The van der Waals surface area contributed by atoms with Crippen molar-refractivity contribution in [2.24, 2.45) is 0 Å². The van der Waals surface area contributed by atoms with Crippen LogP contribution in [0.25, 0.3) is 0 Å². The summed E-state index contributed by atoms with van der Waals surface area (Å²) in [6.07, 6.45) is -3.77. The van der Waals surface area contributed by atoms with Crippen molar-refractivity contribution in [1.29, 1.82) is 0 Å². The first-order valence-electron chi connectivity index (χ1n) is 5.89. The van der Waals surface area contributed by atoms with Gasteiger partial charge in [-0.1, -0.05) is 0 Å². The Balaban J connectivity index is 1.99. The fourth-order valence-corrected chi connectivity index (χ4v) is 2.23. The van der Waals surface area contributed by atoms with Gasteiger partial charge in [-0.3, -0.25) is 0 Å². The molecular weight excluding hydrogens is 228 g/mol.